The number of aryl methyl sites for hydroxylation is 1. The first-order valence-corrected chi connectivity index (χ1v) is 6.33. The molecule has 2 rings (SSSR count). The van der Waals surface area contributed by atoms with Gasteiger partial charge < -0.3 is 10.1 Å². The second kappa shape index (κ2) is 5.69. The lowest BCUT2D eigenvalue weighted by atomic mass is 10.1. The Labute approximate surface area is 112 Å². The van der Waals surface area contributed by atoms with Crippen molar-refractivity contribution in [3.05, 3.63) is 42.0 Å². The fourth-order valence-corrected chi connectivity index (χ4v) is 2.08. The summed E-state index contributed by atoms with van der Waals surface area (Å²) < 4.78 is 5.58. The molecular formula is C15H17NO3. The lowest BCUT2D eigenvalue weighted by Gasteiger charge is -2.14. The maximum atomic E-state index is 11.7. The number of fused-ring (bicyclic) bond motifs is 1. The number of rotatable bonds is 5. The first kappa shape index (κ1) is 13.3. The van der Waals surface area contributed by atoms with Gasteiger partial charge in [0.2, 0.25) is 0 Å². The van der Waals surface area contributed by atoms with Crippen molar-refractivity contribution < 1.29 is 14.3 Å². The first-order chi connectivity index (χ1) is 9.11. The van der Waals surface area contributed by atoms with Gasteiger partial charge in [0.25, 0.3) is 5.91 Å². The Bertz CT molecular complexity index is 522. The smallest absolute Gasteiger partial charge is 0.261 e. The maximum Gasteiger partial charge on any atom is 0.261 e. The molecule has 0 radical (unpaired) electrons. The van der Waals surface area contributed by atoms with Gasteiger partial charge in [-0.25, -0.2) is 0 Å². The van der Waals surface area contributed by atoms with Gasteiger partial charge in [-0.1, -0.05) is 6.08 Å². The zero-order valence-corrected chi connectivity index (χ0v) is 10.9. The highest BCUT2D eigenvalue weighted by molar-refractivity contribution is 6.00. The van der Waals surface area contributed by atoms with Crippen LogP contribution in [0.1, 0.15) is 29.3 Å². The molecule has 1 unspecified atom stereocenters. The maximum absolute atomic E-state index is 11.7. The third-order valence-corrected chi connectivity index (χ3v) is 3.10. The van der Waals surface area contributed by atoms with E-state index in [-0.39, 0.29) is 11.7 Å². The van der Waals surface area contributed by atoms with Crippen molar-refractivity contribution in [2.24, 2.45) is 0 Å². The summed E-state index contributed by atoms with van der Waals surface area (Å²) in [7, 11) is 0. The number of carbonyl (C=O) groups is 2. The SMILES string of the molecule is C=CCNC(=O)C(C)Oc1ccc2c(c1)CCC2=O. The lowest BCUT2D eigenvalue weighted by molar-refractivity contribution is -0.127. The van der Waals surface area contributed by atoms with Crippen molar-refractivity contribution in [1.29, 1.82) is 0 Å². The predicted octanol–water partition coefficient (Wildman–Crippen LogP) is 1.88. The Kier molecular flexibility index (Phi) is 4.00. The number of ketones is 1. The quantitative estimate of drug-likeness (QED) is 0.821. The molecule has 1 aliphatic carbocycles. The molecule has 0 bridgehead atoms. The van der Waals surface area contributed by atoms with Crippen molar-refractivity contribution in [2.75, 3.05) is 6.54 Å². The van der Waals surface area contributed by atoms with E-state index in [0.29, 0.717) is 18.7 Å². The molecule has 0 spiro atoms. The minimum atomic E-state index is -0.574. The fraction of sp³-hybridized carbons (Fsp3) is 0.333. The topological polar surface area (TPSA) is 55.4 Å². The largest absolute Gasteiger partial charge is 0.481 e. The normalized spacial score (nSPS) is 14.7. The molecule has 4 nitrogen and oxygen atoms in total. The molecule has 100 valence electrons. The Balaban J connectivity index is 2.02. The van der Waals surface area contributed by atoms with Crippen LogP contribution in [-0.2, 0) is 11.2 Å². The van der Waals surface area contributed by atoms with Crippen LogP contribution in [0.3, 0.4) is 0 Å². The van der Waals surface area contributed by atoms with Crippen molar-refractivity contribution >= 4 is 11.7 Å². The van der Waals surface area contributed by atoms with Crippen LogP contribution in [0.5, 0.6) is 5.75 Å². The van der Waals surface area contributed by atoms with Crippen LogP contribution in [0.2, 0.25) is 0 Å². The Morgan fingerprint density at radius 2 is 2.32 bits per heavy atom. The van der Waals surface area contributed by atoms with E-state index >= 15 is 0 Å². The van der Waals surface area contributed by atoms with Gasteiger partial charge in [0.15, 0.2) is 11.9 Å². The second-order valence-electron chi connectivity index (χ2n) is 4.54. The first-order valence-electron chi connectivity index (χ1n) is 6.33. The number of nitrogens with one attached hydrogen (secondary N) is 1. The number of benzene rings is 1. The van der Waals surface area contributed by atoms with E-state index in [1.54, 1.807) is 25.1 Å². The van der Waals surface area contributed by atoms with Crippen molar-refractivity contribution in [1.82, 2.24) is 5.32 Å². The summed E-state index contributed by atoms with van der Waals surface area (Å²) in [6, 6.07) is 5.35. The van der Waals surface area contributed by atoms with Gasteiger partial charge in [0, 0.05) is 18.5 Å². The molecule has 1 aliphatic rings. The van der Waals surface area contributed by atoms with E-state index in [4.69, 9.17) is 4.74 Å². The van der Waals surface area contributed by atoms with Crippen LogP contribution in [0.15, 0.2) is 30.9 Å². The molecule has 4 heteroatoms. The van der Waals surface area contributed by atoms with E-state index in [1.807, 2.05) is 6.07 Å². The molecule has 1 aromatic carbocycles. The molecular weight excluding hydrogens is 242 g/mol. The van der Waals surface area contributed by atoms with Crippen LogP contribution in [0.25, 0.3) is 0 Å². The molecule has 19 heavy (non-hydrogen) atoms. The molecule has 1 aromatic rings. The third-order valence-electron chi connectivity index (χ3n) is 3.10. The average Bonchev–Trinajstić information content (AvgIpc) is 2.77. The van der Waals surface area contributed by atoms with Crippen LogP contribution in [-0.4, -0.2) is 24.3 Å². The molecule has 0 saturated carbocycles. The van der Waals surface area contributed by atoms with E-state index in [2.05, 4.69) is 11.9 Å². The lowest BCUT2D eigenvalue weighted by Crippen LogP contribution is -2.36. The van der Waals surface area contributed by atoms with Crippen LogP contribution in [0.4, 0.5) is 0 Å². The number of carbonyl (C=O) groups excluding carboxylic acids is 2. The molecule has 0 heterocycles. The Morgan fingerprint density at radius 3 is 3.05 bits per heavy atom. The minimum absolute atomic E-state index is 0.179. The highest BCUT2D eigenvalue weighted by Crippen LogP contribution is 2.26. The molecule has 0 aromatic heterocycles. The number of ether oxygens (including phenoxy) is 1. The van der Waals surface area contributed by atoms with Crippen LogP contribution in [0, 0.1) is 0 Å². The molecule has 1 N–H and O–H groups in total. The van der Waals surface area contributed by atoms with Gasteiger partial charge in [0.1, 0.15) is 5.75 Å². The summed E-state index contributed by atoms with van der Waals surface area (Å²) in [5.41, 5.74) is 1.78. The Morgan fingerprint density at radius 1 is 1.53 bits per heavy atom. The standard InChI is InChI=1S/C15H17NO3/c1-3-8-16-15(18)10(2)19-12-5-6-13-11(9-12)4-7-14(13)17/h3,5-6,9-10H,1,4,7-8H2,2H3,(H,16,18). The molecule has 1 amide bonds. The Hall–Kier alpha value is -2.10. The van der Waals surface area contributed by atoms with E-state index in [1.165, 1.54) is 0 Å². The monoisotopic (exact) mass is 259 g/mol. The van der Waals surface area contributed by atoms with E-state index in [9.17, 15) is 9.59 Å². The molecule has 1 atom stereocenters. The number of amides is 1. The van der Waals surface area contributed by atoms with Gasteiger partial charge in [-0.15, -0.1) is 6.58 Å². The average molecular weight is 259 g/mol. The number of hydrogen-bond donors (Lipinski definition) is 1. The van der Waals surface area contributed by atoms with Gasteiger partial charge in [-0.2, -0.15) is 0 Å². The van der Waals surface area contributed by atoms with Crippen LogP contribution < -0.4 is 10.1 Å². The summed E-state index contributed by atoms with van der Waals surface area (Å²) in [4.78, 5) is 23.2. The fourth-order valence-electron chi connectivity index (χ4n) is 2.08. The van der Waals surface area contributed by atoms with Gasteiger partial charge in [-0.3, -0.25) is 9.59 Å². The highest BCUT2D eigenvalue weighted by atomic mass is 16.5. The van der Waals surface area contributed by atoms with Crippen molar-refractivity contribution in [2.45, 2.75) is 25.9 Å². The summed E-state index contributed by atoms with van der Waals surface area (Å²) >= 11 is 0. The van der Waals surface area contributed by atoms with E-state index < -0.39 is 6.10 Å². The van der Waals surface area contributed by atoms with Gasteiger partial charge in [-0.05, 0) is 37.1 Å². The van der Waals surface area contributed by atoms with Gasteiger partial charge in [0.05, 0.1) is 0 Å². The molecule has 0 aliphatic heterocycles. The van der Waals surface area contributed by atoms with Crippen molar-refractivity contribution in [3.63, 3.8) is 0 Å². The third kappa shape index (κ3) is 3.02. The number of Topliss-reactive ketones (excluding diaryl/α,β-unsaturated/α-hetero) is 1. The predicted molar refractivity (Wildman–Crippen MR) is 72.4 cm³/mol. The van der Waals surface area contributed by atoms with E-state index in [0.717, 1.165) is 17.5 Å². The molecule has 0 saturated heterocycles. The summed E-state index contributed by atoms with van der Waals surface area (Å²) in [6.07, 6.45) is 2.36. The second-order valence-corrected chi connectivity index (χ2v) is 4.54. The number of hydrogen-bond acceptors (Lipinski definition) is 3. The summed E-state index contributed by atoms with van der Waals surface area (Å²) in [5.74, 6) is 0.615. The summed E-state index contributed by atoms with van der Waals surface area (Å²) in [6.45, 7) is 5.65. The van der Waals surface area contributed by atoms with Crippen molar-refractivity contribution in [3.8, 4) is 5.75 Å². The van der Waals surface area contributed by atoms with Gasteiger partial charge >= 0.3 is 0 Å². The zero-order valence-electron chi connectivity index (χ0n) is 10.9. The minimum Gasteiger partial charge on any atom is -0.481 e. The summed E-state index contributed by atoms with van der Waals surface area (Å²) in [5, 5.41) is 2.68. The molecule has 0 fully saturated rings. The highest BCUT2D eigenvalue weighted by Gasteiger charge is 2.20. The zero-order chi connectivity index (χ0) is 13.8. The van der Waals surface area contributed by atoms with Crippen LogP contribution >= 0.6 is 0 Å².